The van der Waals surface area contributed by atoms with Crippen molar-refractivity contribution in [3.05, 3.63) is 83.9 Å². The van der Waals surface area contributed by atoms with Crippen LogP contribution in [0.3, 0.4) is 0 Å². The molecule has 6 nitrogen and oxygen atoms in total. The van der Waals surface area contributed by atoms with Crippen LogP contribution < -0.4 is 10.5 Å². The summed E-state index contributed by atoms with van der Waals surface area (Å²) >= 11 is 0. The normalized spacial score (nSPS) is 11.4. The Bertz CT molecular complexity index is 1510. The molecule has 3 aromatic heterocycles. The maximum Gasteiger partial charge on any atom is 0.209 e. The molecule has 2 aromatic carbocycles. The summed E-state index contributed by atoms with van der Waals surface area (Å²) in [5.41, 5.74) is 8.97. The second kappa shape index (κ2) is 7.19. The lowest BCUT2D eigenvalue weighted by Crippen LogP contribution is -2.08. The molecule has 2 N–H and O–H groups in total. The van der Waals surface area contributed by atoms with Crippen LogP contribution in [0.2, 0.25) is 0 Å². The lowest BCUT2D eigenvalue weighted by atomic mass is 10.0. The number of ketones is 1. The minimum Gasteiger partial charge on any atom is -0.496 e. The van der Waals surface area contributed by atoms with Crippen molar-refractivity contribution in [2.75, 3.05) is 12.8 Å². The molecule has 0 aliphatic rings. The van der Waals surface area contributed by atoms with E-state index in [0.717, 1.165) is 39.8 Å². The molecular formula is C24H18F2N4O2. The number of benzene rings is 2. The quantitative estimate of drug-likeness (QED) is 0.333. The maximum atomic E-state index is 13.9. The summed E-state index contributed by atoms with van der Waals surface area (Å²) in [5.74, 6) is -1.80. The summed E-state index contributed by atoms with van der Waals surface area (Å²) in [6.45, 7) is 0. The molecule has 5 aromatic rings. The van der Waals surface area contributed by atoms with Crippen molar-refractivity contribution in [2.24, 2.45) is 7.05 Å². The predicted molar refractivity (Wildman–Crippen MR) is 118 cm³/mol. The van der Waals surface area contributed by atoms with E-state index in [4.69, 9.17) is 10.5 Å². The molecule has 0 unspecified atom stereocenters. The fourth-order valence-electron chi connectivity index (χ4n) is 3.95. The molecule has 0 radical (unpaired) electrons. The second-order valence-corrected chi connectivity index (χ2v) is 7.48. The number of hydrogen-bond donors (Lipinski definition) is 1. The first-order valence-corrected chi connectivity index (χ1v) is 9.77. The number of nitrogen functional groups attached to an aromatic ring is 1. The number of halogens is 2. The van der Waals surface area contributed by atoms with E-state index in [1.807, 2.05) is 29.8 Å². The first kappa shape index (κ1) is 19.7. The van der Waals surface area contributed by atoms with Gasteiger partial charge in [0.1, 0.15) is 23.1 Å². The highest BCUT2D eigenvalue weighted by molar-refractivity contribution is 6.09. The molecule has 8 heteroatoms. The molecule has 0 bridgehead atoms. The summed E-state index contributed by atoms with van der Waals surface area (Å²) < 4.78 is 37.0. The zero-order valence-corrected chi connectivity index (χ0v) is 17.3. The van der Waals surface area contributed by atoms with Gasteiger partial charge in [0, 0.05) is 36.0 Å². The van der Waals surface area contributed by atoms with Gasteiger partial charge in [-0.3, -0.25) is 4.79 Å². The Morgan fingerprint density at radius 1 is 1.03 bits per heavy atom. The Morgan fingerprint density at radius 3 is 2.50 bits per heavy atom. The summed E-state index contributed by atoms with van der Waals surface area (Å²) in [7, 11) is 3.50. The minimum absolute atomic E-state index is 0.118. The van der Waals surface area contributed by atoms with E-state index in [9.17, 15) is 13.6 Å². The smallest absolute Gasteiger partial charge is 0.209 e. The average Bonchev–Trinajstić information content (AvgIpc) is 3.39. The third-order valence-corrected chi connectivity index (χ3v) is 5.60. The largest absolute Gasteiger partial charge is 0.496 e. The van der Waals surface area contributed by atoms with Crippen LogP contribution in [0.1, 0.15) is 16.1 Å². The van der Waals surface area contributed by atoms with Gasteiger partial charge in [-0.15, -0.1) is 0 Å². The fourth-order valence-corrected chi connectivity index (χ4v) is 3.95. The maximum absolute atomic E-state index is 13.9. The summed E-state index contributed by atoms with van der Waals surface area (Å²) in [5, 5.41) is 0. The number of anilines is 1. The van der Waals surface area contributed by atoms with Gasteiger partial charge in [-0.25, -0.2) is 13.8 Å². The molecule has 0 aliphatic heterocycles. The zero-order valence-electron chi connectivity index (χ0n) is 17.3. The second-order valence-electron chi connectivity index (χ2n) is 7.48. The Kier molecular flexibility index (Phi) is 4.44. The number of fused-ring (bicyclic) bond motifs is 2. The van der Waals surface area contributed by atoms with Crippen molar-refractivity contribution >= 4 is 28.0 Å². The summed E-state index contributed by atoms with van der Waals surface area (Å²) in [6.07, 6.45) is 3.45. The van der Waals surface area contributed by atoms with Gasteiger partial charge in [0.05, 0.1) is 35.7 Å². The monoisotopic (exact) mass is 432 g/mol. The van der Waals surface area contributed by atoms with Gasteiger partial charge in [0.2, 0.25) is 5.78 Å². The Hall–Kier alpha value is -4.20. The molecule has 0 aliphatic carbocycles. The SMILES string of the molecule is COc1cc2c(cc1-c1cccn3c(C(=O)c4cc(F)c(N)c(F)c4)ccc13)ncn2C. The fraction of sp³-hybridized carbons (Fsp3) is 0.0833. The molecule has 0 amide bonds. The third kappa shape index (κ3) is 2.91. The van der Waals surface area contributed by atoms with E-state index in [1.54, 1.807) is 42.2 Å². The number of nitrogens with zero attached hydrogens (tertiary/aromatic N) is 3. The van der Waals surface area contributed by atoms with Crippen LogP contribution in [0.4, 0.5) is 14.5 Å². The van der Waals surface area contributed by atoms with Gasteiger partial charge in [-0.1, -0.05) is 6.07 Å². The van der Waals surface area contributed by atoms with Crippen molar-refractivity contribution in [1.29, 1.82) is 0 Å². The summed E-state index contributed by atoms with van der Waals surface area (Å²) in [4.78, 5) is 17.5. The van der Waals surface area contributed by atoms with E-state index >= 15 is 0 Å². The topological polar surface area (TPSA) is 74.6 Å². The van der Waals surface area contributed by atoms with Crippen LogP contribution in [-0.4, -0.2) is 26.8 Å². The number of carbonyl (C=O) groups is 1. The highest BCUT2D eigenvalue weighted by Crippen LogP contribution is 2.36. The molecular weight excluding hydrogens is 414 g/mol. The molecule has 5 rings (SSSR count). The van der Waals surface area contributed by atoms with E-state index in [2.05, 4.69) is 4.98 Å². The van der Waals surface area contributed by atoms with Crippen LogP contribution in [0.15, 0.2) is 61.1 Å². The first-order chi connectivity index (χ1) is 15.4. The number of rotatable bonds is 4. The van der Waals surface area contributed by atoms with Crippen LogP contribution in [0.5, 0.6) is 5.75 Å². The lowest BCUT2D eigenvalue weighted by molar-refractivity contribution is 0.103. The van der Waals surface area contributed by atoms with Crippen LogP contribution in [0.25, 0.3) is 27.7 Å². The van der Waals surface area contributed by atoms with Crippen LogP contribution >= 0.6 is 0 Å². The van der Waals surface area contributed by atoms with E-state index < -0.39 is 23.1 Å². The van der Waals surface area contributed by atoms with Crippen LogP contribution in [0, 0.1) is 11.6 Å². The number of ether oxygens (including phenoxy) is 1. The number of carbonyl (C=O) groups excluding carboxylic acids is 1. The van der Waals surface area contributed by atoms with E-state index in [1.165, 1.54) is 0 Å². The first-order valence-electron chi connectivity index (χ1n) is 9.77. The van der Waals surface area contributed by atoms with Gasteiger partial charge >= 0.3 is 0 Å². The van der Waals surface area contributed by atoms with Crippen molar-refractivity contribution in [3.8, 4) is 16.9 Å². The van der Waals surface area contributed by atoms with E-state index in [-0.39, 0.29) is 11.3 Å². The van der Waals surface area contributed by atoms with E-state index in [0.29, 0.717) is 5.75 Å². The van der Waals surface area contributed by atoms with Gasteiger partial charge in [-0.05, 0) is 36.4 Å². The van der Waals surface area contributed by atoms with Crippen molar-refractivity contribution < 1.29 is 18.3 Å². The molecule has 0 atom stereocenters. The minimum atomic E-state index is -0.969. The molecule has 0 saturated heterocycles. The number of hydrogen-bond acceptors (Lipinski definition) is 4. The van der Waals surface area contributed by atoms with Crippen LogP contribution in [-0.2, 0) is 7.05 Å². The summed E-state index contributed by atoms with van der Waals surface area (Å²) in [6, 6.07) is 12.9. The van der Waals surface area contributed by atoms with Crippen molar-refractivity contribution in [2.45, 2.75) is 0 Å². The predicted octanol–water partition coefficient (Wildman–Crippen LogP) is 4.59. The highest BCUT2D eigenvalue weighted by atomic mass is 19.1. The number of aromatic nitrogens is 3. The Morgan fingerprint density at radius 2 is 1.78 bits per heavy atom. The Labute approximate surface area is 181 Å². The Balaban J connectivity index is 1.68. The van der Waals surface area contributed by atoms with Gasteiger partial charge in [0.25, 0.3) is 0 Å². The number of nitrogens with two attached hydrogens (primary N) is 1. The average molecular weight is 432 g/mol. The highest BCUT2D eigenvalue weighted by Gasteiger charge is 2.20. The van der Waals surface area contributed by atoms with Gasteiger partial charge in [-0.2, -0.15) is 0 Å². The third-order valence-electron chi connectivity index (χ3n) is 5.60. The molecule has 0 saturated carbocycles. The lowest BCUT2D eigenvalue weighted by Gasteiger charge is -2.12. The standard InChI is InChI=1S/C24H18F2N4O2/c1-29-12-28-18-10-15(22(32-2)11-21(18)29)14-4-3-7-30-19(14)5-6-20(30)24(31)13-8-16(25)23(27)17(26)9-13/h3-12H,27H2,1-2H3. The number of aryl methyl sites for hydroxylation is 1. The van der Waals surface area contributed by atoms with Crippen molar-refractivity contribution in [3.63, 3.8) is 0 Å². The van der Waals surface area contributed by atoms with Crippen molar-refractivity contribution in [1.82, 2.24) is 14.0 Å². The number of imidazole rings is 1. The van der Waals surface area contributed by atoms with Gasteiger partial charge < -0.3 is 19.4 Å². The molecule has 0 spiro atoms. The number of methoxy groups -OCH3 is 1. The number of pyridine rings is 1. The molecule has 32 heavy (non-hydrogen) atoms. The molecule has 0 fully saturated rings. The van der Waals surface area contributed by atoms with Gasteiger partial charge in [0.15, 0.2) is 0 Å². The molecule has 3 heterocycles. The molecule has 160 valence electrons. The zero-order chi connectivity index (χ0) is 22.6.